The second kappa shape index (κ2) is 8.39. The number of hydrogen-bond acceptors (Lipinski definition) is 3. The lowest BCUT2D eigenvalue weighted by atomic mass is 10.1. The van der Waals surface area contributed by atoms with Crippen molar-refractivity contribution < 1.29 is 18.3 Å². The number of halogens is 2. The van der Waals surface area contributed by atoms with Crippen LogP contribution >= 0.6 is 11.8 Å². The maximum atomic E-state index is 13.6. The van der Waals surface area contributed by atoms with Crippen LogP contribution in [0, 0.1) is 11.6 Å². The third kappa shape index (κ3) is 4.77. The number of amides is 1. The maximum Gasteiger partial charge on any atom is 0.232 e. The molecule has 0 aromatic heterocycles. The molecule has 0 unspecified atom stereocenters. The lowest BCUT2D eigenvalue weighted by molar-refractivity contribution is -0.127. The van der Waals surface area contributed by atoms with E-state index in [-0.39, 0.29) is 16.6 Å². The summed E-state index contributed by atoms with van der Waals surface area (Å²) in [5, 5.41) is 2.12. The van der Waals surface area contributed by atoms with E-state index in [2.05, 4.69) is 0 Å². The summed E-state index contributed by atoms with van der Waals surface area (Å²) >= 11 is 0.995. The molecule has 0 aliphatic heterocycles. The van der Waals surface area contributed by atoms with Gasteiger partial charge in [0, 0.05) is 18.5 Å². The van der Waals surface area contributed by atoms with E-state index >= 15 is 0 Å². The molecule has 0 atom stereocenters. The van der Waals surface area contributed by atoms with Gasteiger partial charge in [-0.25, -0.2) is 8.78 Å². The Balaban J connectivity index is 1.63. The first-order chi connectivity index (χ1) is 13.0. The minimum atomic E-state index is -0.526. The Morgan fingerprint density at radius 2 is 1.78 bits per heavy atom. The van der Waals surface area contributed by atoms with Crippen LogP contribution in [-0.2, 0) is 11.3 Å². The molecule has 0 fully saturated rings. The molecule has 0 bridgehead atoms. The Bertz CT molecular complexity index is 978. The quantitative estimate of drug-likeness (QED) is 0.565. The van der Waals surface area contributed by atoms with Gasteiger partial charge in [0.15, 0.2) is 0 Å². The van der Waals surface area contributed by atoms with Gasteiger partial charge in [-0.15, -0.1) is 11.8 Å². The van der Waals surface area contributed by atoms with E-state index < -0.39 is 11.6 Å². The predicted molar refractivity (Wildman–Crippen MR) is 104 cm³/mol. The van der Waals surface area contributed by atoms with Crippen LogP contribution in [0.25, 0.3) is 10.8 Å². The number of fused-ring (bicyclic) bond motifs is 1. The summed E-state index contributed by atoms with van der Waals surface area (Å²) in [4.78, 5) is 14.1. The molecule has 0 spiro atoms. The molecule has 140 valence electrons. The fraction of sp³-hybridized carbons (Fsp3) is 0.190. The lowest BCUT2D eigenvalue weighted by Crippen LogP contribution is -2.27. The molecule has 3 aromatic rings. The minimum absolute atomic E-state index is 0.0433. The van der Waals surface area contributed by atoms with E-state index in [0.29, 0.717) is 6.54 Å². The van der Waals surface area contributed by atoms with Crippen LogP contribution in [0.2, 0.25) is 0 Å². The van der Waals surface area contributed by atoms with Crippen LogP contribution in [0.1, 0.15) is 5.56 Å². The van der Waals surface area contributed by atoms with Crippen molar-refractivity contribution in [3.05, 3.63) is 71.8 Å². The zero-order chi connectivity index (χ0) is 19.4. The summed E-state index contributed by atoms with van der Waals surface area (Å²) in [6, 6.07) is 15.0. The second-order valence-corrected chi connectivity index (χ2v) is 7.18. The van der Waals surface area contributed by atoms with Crippen molar-refractivity contribution >= 4 is 28.4 Å². The molecular weight excluding hydrogens is 368 g/mol. The first-order valence-electron chi connectivity index (χ1n) is 8.35. The van der Waals surface area contributed by atoms with Crippen LogP contribution in [0.5, 0.6) is 5.75 Å². The number of ether oxygens (including phenoxy) is 1. The third-order valence-electron chi connectivity index (χ3n) is 4.20. The number of benzene rings is 3. The van der Waals surface area contributed by atoms with Gasteiger partial charge in [-0.1, -0.05) is 18.2 Å². The molecule has 3 aromatic carbocycles. The van der Waals surface area contributed by atoms with Crippen molar-refractivity contribution in [1.29, 1.82) is 0 Å². The Morgan fingerprint density at radius 1 is 1.04 bits per heavy atom. The third-order valence-corrected chi connectivity index (χ3v) is 5.22. The molecule has 3 nitrogen and oxygen atoms in total. The van der Waals surface area contributed by atoms with Gasteiger partial charge in [0.25, 0.3) is 0 Å². The molecule has 6 heteroatoms. The van der Waals surface area contributed by atoms with Gasteiger partial charge in [-0.3, -0.25) is 4.79 Å². The van der Waals surface area contributed by atoms with Gasteiger partial charge >= 0.3 is 0 Å². The molecule has 0 heterocycles. The number of carbonyl (C=O) groups is 1. The normalized spacial score (nSPS) is 10.8. The topological polar surface area (TPSA) is 29.5 Å². The SMILES string of the molecule is COc1ccc2cc(CN(C)C(=O)CSc3cc(F)ccc3F)ccc2c1. The van der Waals surface area contributed by atoms with E-state index in [1.165, 1.54) is 0 Å². The van der Waals surface area contributed by atoms with Gasteiger partial charge in [-0.2, -0.15) is 0 Å². The van der Waals surface area contributed by atoms with E-state index in [4.69, 9.17) is 4.74 Å². The number of methoxy groups -OCH3 is 1. The Labute approximate surface area is 160 Å². The van der Waals surface area contributed by atoms with Crippen LogP contribution in [0.3, 0.4) is 0 Å². The number of rotatable bonds is 6. The van der Waals surface area contributed by atoms with E-state index in [9.17, 15) is 13.6 Å². The monoisotopic (exact) mass is 387 g/mol. The number of carbonyl (C=O) groups excluding carboxylic acids is 1. The van der Waals surface area contributed by atoms with Gasteiger partial charge in [-0.05, 0) is 52.7 Å². The smallest absolute Gasteiger partial charge is 0.232 e. The van der Waals surface area contributed by atoms with Gasteiger partial charge in [0.1, 0.15) is 17.4 Å². The van der Waals surface area contributed by atoms with Crippen molar-refractivity contribution in [2.45, 2.75) is 11.4 Å². The highest BCUT2D eigenvalue weighted by atomic mass is 32.2. The summed E-state index contributed by atoms with van der Waals surface area (Å²) < 4.78 is 32.1. The fourth-order valence-corrected chi connectivity index (χ4v) is 3.60. The first-order valence-corrected chi connectivity index (χ1v) is 9.33. The minimum Gasteiger partial charge on any atom is -0.497 e. The van der Waals surface area contributed by atoms with E-state index in [0.717, 1.165) is 52.0 Å². The zero-order valence-corrected chi connectivity index (χ0v) is 15.9. The average molecular weight is 387 g/mol. The summed E-state index contributed by atoms with van der Waals surface area (Å²) in [5.74, 6) is -0.362. The van der Waals surface area contributed by atoms with Crippen molar-refractivity contribution in [2.24, 2.45) is 0 Å². The molecule has 0 aliphatic rings. The molecular formula is C21H19F2NO2S. The summed E-state index contributed by atoms with van der Waals surface area (Å²) in [7, 11) is 3.33. The Morgan fingerprint density at radius 3 is 2.56 bits per heavy atom. The van der Waals surface area contributed by atoms with Crippen molar-refractivity contribution in [3.63, 3.8) is 0 Å². The molecule has 0 aliphatic carbocycles. The van der Waals surface area contributed by atoms with Crippen molar-refractivity contribution in [3.8, 4) is 5.75 Å². The predicted octanol–water partition coefficient (Wildman–Crippen LogP) is 4.88. The fourth-order valence-electron chi connectivity index (χ4n) is 2.70. The van der Waals surface area contributed by atoms with Crippen LogP contribution in [0.15, 0.2) is 59.5 Å². The van der Waals surface area contributed by atoms with Gasteiger partial charge < -0.3 is 9.64 Å². The van der Waals surface area contributed by atoms with E-state index in [1.54, 1.807) is 19.1 Å². The standard InChI is InChI=1S/C21H19F2NO2S/c1-24(21(25)13-27-20-11-17(22)6-8-19(20)23)12-14-3-4-16-10-18(26-2)7-5-15(16)9-14/h3-11H,12-13H2,1-2H3. The number of thioether (sulfide) groups is 1. The molecule has 3 rings (SSSR count). The first kappa shape index (κ1) is 19.2. The average Bonchev–Trinajstić information content (AvgIpc) is 2.67. The van der Waals surface area contributed by atoms with Crippen molar-refractivity contribution in [2.75, 3.05) is 19.9 Å². The summed E-state index contributed by atoms with van der Waals surface area (Å²) in [6.07, 6.45) is 0. The van der Waals surface area contributed by atoms with Gasteiger partial charge in [0.05, 0.1) is 12.9 Å². The Kier molecular flexibility index (Phi) is 5.96. The largest absolute Gasteiger partial charge is 0.497 e. The highest BCUT2D eigenvalue weighted by Crippen LogP contribution is 2.24. The highest BCUT2D eigenvalue weighted by Gasteiger charge is 2.13. The molecule has 0 N–H and O–H groups in total. The number of nitrogens with zero attached hydrogens (tertiary/aromatic N) is 1. The van der Waals surface area contributed by atoms with Crippen molar-refractivity contribution in [1.82, 2.24) is 4.90 Å². The van der Waals surface area contributed by atoms with Crippen LogP contribution in [0.4, 0.5) is 8.78 Å². The van der Waals surface area contributed by atoms with Crippen LogP contribution < -0.4 is 4.74 Å². The lowest BCUT2D eigenvalue weighted by Gasteiger charge is -2.17. The molecule has 27 heavy (non-hydrogen) atoms. The second-order valence-electron chi connectivity index (χ2n) is 6.16. The summed E-state index contributed by atoms with van der Waals surface area (Å²) in [5.41, 5.74) is 0.991. The zero-order valence-electron chi connectivity index (χ0n) is 15.0. The van der Waals surface area contributed by atoms with E-state index in [1.807, 2.05) is 36.4 Å². The molecule has 0 radical (unpaired) electrons. The maximum absolute atomic E-state index is 13.6. The summed E-state index contributed by atoms with van der Waals surface area (Å²) in [6.45, 7) is 0.437. The van der Waals surface area contributed by atoms with Gasteiger partial charge in [0.2, 0.25) is 5.91 Å². The van der Waals surface area contributed by atoms with Crippen LogP contribution in [-0.4, -0.2) is 30.7 Å². The molecule has 0 saturated carbocycles. The molecule has 0 saturated heterocycles. The highest BCUT2D eigenvalue weighted by molar-refractivity contribution is 8.00. The number of hydrogen-bond donors (Lipinski definition) is 0. The molecule has 1 amide bonds. The Hall–Kier alpha value is -2.60.